The monoisotopic (exact) mass is 402 g/mol. The van der Waals surface area contributed by atoms with Gasteiger partial charge in [0.25, 0.3) is 5.91 Å². The van der Waals surface area contributed by atoms with Crippen LogP contribution in [0.1, 0.15) is 26.3 Å². The number of likely N-dealkylation sites (tertiary alicyclic amines) is 1. The zero-order chi connectivity index (χ0) is 20.3. The van der Waals surface area contributed by atoms with Gasteiger partial charge in [0.1, 0.15) is 18.3 Å². The highest BCUT2D eigenvalue weighted by molar-refractivity contribution is 7.98. The lowest BCUT2D eigenvalue weighted by Gasteiger charge is -2.36. The third kappa shape index (κ3) is 4.71. The maximum absolute atomic E-state index is 12.6. The van der Waals surface area contributed by atoms with Crippen molar-refractivity contribution in [2.45, 2.75) is 29.0 Å². The molecule has 0 spiro atoms. The minimum Gasteiger partial charge on any atom is -0.388 e. The van der Waals surface area contributed by atoms with Crippen molar-refractivity contribution in [3.8, 4) is 0 Å². The molecule has 8 heteroatoms. The molecule has 2 aromatic carbocycles. The Balaban J connectivity index is 1.58. The second kappa shape index (κ2) is 8.74. The third-order valence-corrected chi connectivity index (χ3v) is 5.72. The van der Waals surface area contributed by atoms with Gasteiger partial charge in [0.05, 0.1) is 0 Å². The number of aliphatic hydroxyl groups excluding tert-OH is 3. The lowest BCUT2D eigenvalue weighted by Crippen LogP contribution is -2.56. The predicted octanol–water partition coefficient (Wildman–Crippen LogP) is 0.616. The number of carbonyl (C=O) groups excluding carboxylic acids is 2. The van der Waals surface area contributed by atoms with Crippen molar-refractivity contribution in [2.24, 2.45) is 5.73 Å². The Bertz CT molecular complexity index is 829. The van der Waals surface area contributed by atoms with Crippen molar-refractivity contribution in [3.05, 3.63) is 65.2 Å². The summed E-state index contributed by atoms with van der Waals surface area (Å²) in [5.41, 5.74) is 7.19. The highest BCUT2D eigenvalue weighted by Gasteiger charge is 2.35. The fourth-order valence-corrected chi connectivity index (χ4v) is 3.83. The molecular formula is C20H22N2O5S. The highest BCUT2D eigenvalue weighted by Crippen LogP contribution is 2.24. The van der Waals surface area contributed by atoms with E-state index in [0.717, 1.165) is 10.5 Å². The summed E-state index contributed by atoms with van der Waals surface area (Å²) in [6.07, 6.45) is -3.56. The van der Waals surface area contributed by atoms with Gasteiger partial charge in [0.15, 0.2) is 0 Å². The van der Waals surface area contributed by atoms with E-state index in [1.54, 1.807) is 36.0 Å². The van der Waals surface area contributed by atoms with E-state index in [9.17, 15) is 24.9 Å². The Morgan fingerprint density at radius 1 is 0.929 bits per heavy atom. The number of primary amides is 1. The average molecular weight is 402 g/mol. The zero-order valence-electron chi connectivity index (χ0n) is 15.1. The van der Waals surface area contributed by atoms with Crippen LogP contribution in [0.15, 0.2) is 53.4 Å². The summed E-state index contributed by atoms with van der Waals surface area (Å²) in [4.78, 5) is 26.0. The first-order valence-corrected chi connectivity index (χ1v) is 9.79. The number of β-amino-alcohol motifs (C(OH)–C–C–N with tert-alkyl or cyclic N) is 2. The smallest absolute Gasteiger partial charge is 0.254 e. The average Bonchev–Trinajstić information content (AvgIpc) is 2.70. The number of hydrogen-bond acceptors (Lipinski definition) is 6. The Hall–Kier alpha value is -2.39. The topological polar surface area (TPSA) is 124 Å². The fraction of sp³-hybridized carbons (Fsp3) is 0.300. The van der Waals surface area contributed by atoms with Gasteiger partial charge in [-0.15, -0.1) is 11.8 Å². The first-order chi connectivity index (χ1) is 13.3. The van der Waals surface area contributed by atoms with E-state index in [-0.39, 0.29) is 19.0 Å². The molecule has 0 aliphatic carbocycles. The van der Waals surface area contributed by atoms with Crippen molar-refractivity contribution in [1.82, 2.24) is 4.90 Å². The Morgan fingerprint density at radius 2 is 1.46 bits per heavy atom. The molecule has 1 saturated heterocycles. The first-order valence-electron chi connectivity index (χ1n) is 8.80. The summed E-state index contributed by atoms with van der Waals surface area (Å²) in [6, 6.07) is 14.2. The van der Waals surface area contributed by atoms with Crippen molar-refractivity contribution in [2.75, 3.05) is 13.1 Å². The fourth-order valence-electron chi connectivity index (χ4n) is 2.97. The van der Waals surface area contributed by atoms with Crippen LogP contribution in [0.3, 0.4) is 0 Å². The van der Waals surface area contributed by atoms with Crippen LogP contribution in [0.5, 0.6) is 0 Å². The number of nitrogens with zero attached hydrogens (tertiary/aromatic N) is 1. The number of nitrogens with two attached hydrogens (primary N) is 1. The van der Waals surface area contributed by atoms with Crippen LogP contribution in [-0.4, -0.2) is 63.4 Å². The van der Waals surface area contributed by atoms with Gasteiger partial charge >= 0.3 is 0 Å². The lowest BCUT2D eigenvalue weighted by atomic mass is 10.0. The molecule has 0 radical (unpaired) electrons. The summed E-state index contributed by atoms with van der Waals surface area (Å²) in [5.74, 6) is -0.0549. The van der Waals surface area contributed by atoms with E-state index in [2.05, 4.69) is 0 Å². The predicted molar refractivity (Wildman–Crippen MR) is 105 cm³/mol. The number of aliphatic hydroxyl groups is 3. The molecule has 2 amide bonds. The molecule has 148 valence electrons. The summed E-state index contributed by atoms with van der Waals surface area (Å²) in [7, 11) is 0. The number of thioether (sulfide) groups is 1. The van der Waals surface area contributed by atoms with Gasteiger partial charge in [-0.3, -0.25) is 9.59 Å². The Kier molecular flexibility index (Phi) is 6.35. The van der Waals surface area contributed by atoms with Gasteiger partial charge in [-0.2, -0.15) is 0 Å². The number of hydrogen-bond donors (Lipinski definition) is 4. The first kappa shape index (κ1) is 20.3. The molecule has 1 fully saturated rings. The maximum atomic E-state index is 12.6. The molecule has 0 aromatic heterocycles. The van der Waals surface area contributed by atoms with Crippen molar-refractivity contribution in [1.29, 1.82) is 0 Å². The van der Waals surface area contributed by atoms with E-state index in [0.29, 0.717) is 16.9 Å². The molecule has 3 atom stereocenters. The van der Waals surface area contributed by atoms with Crippen LogP contribution < -0.4 is 5.73 Å². The molecule has 1 heterocycles. The SMILES string of the molecule is NC(=O)c1ccc(CSc2ccc(C(=O)N3C[C@@H](O)C(O)[C@@H](O)C3)cc2)cc1. The van der Waals surface area contributed by atoms with Gasteiger partial charge in [-0.1, -0.05) is 12.1 Å². The normalized spacial score (nSPS) is 22.1. The molecule has 2 aromatic rings. The highest BCUT2D eigenvalue weighted by atomic mass is 32.2. The molecule has 28 heavy (non-hydrogen) atoms. The minimum absolute atomic E-state index is 0.0190. The maximum Gasteiger partial charge on any atom is 0.254 e. The summed E-state index contributed by atoms with van der Waals surface area (Å²) >= 11 is 1.59. The van der Waals surface area contributed by atoms with E-state index in [1.807, 2.05) is 24.3 Å². The van der Waals surface area contributed by atoms with E-state index in [4.69, 9.17) is 5.73 Å². The lowest BCUT2D eigenvalue weighted by molar-refractivity contribution is -0.101. The Labute approximate surface area is 166 Å². The van der Waals surface area contributed by atoms with E-state index >= 15 is 0 Å². The van der Waals surface area contributed by atoms with Crippen LogP contribution in [0, 0.1) is 0 Å². The molecule has 1 aliphatic rings. The van der Waals surface area contributed by atoms with Gasteiger partial charge in [0.2, 0.25) is 5.91 Å². The Morgan fingerprint density at radius 3 is 2.00 bits per heavy atom. The van der Waals surface area contributed by atoms with Crippen LogP contribution in [0.2, 0.25) is 0 Å². The summed E-state index contributed by atoms with van der Waals surface area (Å²) in [6.45, 7) is -0.0380. The number of rotatable bonds is 5. The molecule has 1 aliphatic heterocycles. The van der Waals surface area contributed by atoms with Gasteiger partial charge < -0.3 is 26.0 Å². The number of carbonyl (C=O) groups is 2. The van der Waals surface area contributed by atoms with Crippen molar-refractivity contribution < 1.29 is 24.9 Å². The van der Waals surface area contributed by atoms with Crippen molar-refractivity contribution in [3.63, 3.8) is 0 Å². The van der Waals surface area contributed by atoms with E-state index in [1.165, 1.54) is 4.90 Å². The van der Waals surface area contributed by atoms with Crippen LogP contribution >= 0.6 is 11.8 Å². The quantitative estimate of drug-likeness (QED) is 0.544. The van der Waals surface area contributed by atoms with Crippen LogP contribution in [0.4, 0.5) is 0 Å². The number of benzene rings is 2. The number of amides is 2. The largest absolute Gasteiger partial charge is 0.388 e. The zero-order valence-corrected chi connectivity index (χ0v) is 15.9. The van der Waals surface area contributed by atoms with Crippen LogP contribution in [0.25, 0.3) is 0 Å². The second-order valence-electron chi connectivity index (χ2n) is 6.71. The van der Waals surface area contributed by atoms with Gasteiger partial charge in [-0.25, -0.2) is 0 Å². The standard InChI is InChI=1S/C20H22N2O5S/c21-19(26)13-3-1-12(2-4-13)11-28-15-7-5-14(6-8-15)20(27)22-9-16(23)18(25)17(24)10-22/h1-8,16-18,23-25H,9-11H2,(H2,21,26)/t16-,17+,18?. The number of piperidine rings is 1. The molecule has 0 saturated carbocycles. The third-order valence-electron chi connectivity index (χ3n) is 4.64. The molecule has 5 N–H and O–H groups in total. The minimum atomic E-state index is -1.24. The molecule has 7 nitrogen and oxygen atoms in total. The van der Waals surface area contributed by atoms with Crippen molar-refractivity contribution >= 4 is 23.6 Å². The molecular weight excluding hydrogens is 380 g/mol. The summed E-state index contributed by atoms with van der Waals surface area (Å²) in [5, 5.41) is 29.1. The molecule has 0 bridgehead atoms. The van der Waals surface area contributed by atoms with Gasteiger partial charge in [-0.05, 0) is 42.0 Å². The summed E-state index contributed by atoms with van der Waals surface area (Å²) < 4.78 is 0. The van der Waals surface area contributed by atoms with Gasteiger partial charge in [0, 0.05) is 34.9 Å². The second-order valence-corrected chi connectivity index (χ2v) is 7.76. The van der Waals surface area contributed by atoms with E-state index < -0.39 is 24.2 Å². The van der Waals surface area contributed by atoms with Crippen LogP contribution in [-0.2, 0) is 5.75 Å². The molecule has 1 unspecified atom stereocenters. The molecule has 3 rings (SSSR count).